The first-order chi connectivity index (χ1) is 39.4. The highest BCUT2D eigenvalue weighted by Crippen LogP contribution is 2.42. The summed E-state index contributed by atoms with van der Waals surface area (Å²) in [7, 11) is 0. The molecule has 86 heavy (non-hydrogen) atoms. The fourth-order valence-corrected chi connectivity index (χ4v) is 9.42. The molecule has 0 bridgehead atoms. The third kappa shape index (κ3) is 14.7. The van der Waals surface area contributed by atoms with Crippen LogP contribution in [0.15, 0.2) is 164 Å². The van der Waals surface area contributed by atoms with Gasteiger partial charge in [0.15, 0.2) is 6.20 Å². The molecule has 0 radical (unpaired) electrons. The van der Waals surface area contributed by atoms with E-state index >= 15 is 0 Å². The van der Waals surface area contributed by atoms with Crippen molar-refractivity contribution in [3.8, 4) is 5.75 Å². The van der Waals surface area contributed by atoms with Gasteiger partial charge in [-0.25, -0.2) is 4.79 Å². The van der Waals surface area contributed by atoms with Crippen LogP contribution in [-0.2, 0) is 56.0 Å². The third-order valence-electron chi connectivity index (χ3n) is 13.0. The Kier molecular flexibility index (Phi) is 17.6. The molecule has 0 fully saturated rings. The Morgan fingerprint density at radius 1 is 0.384 bits per heavy atom. The molecule has 30 heteroatoms. The lowest BCUT2D eigenvalue weighted by Crippen LogP contribution is -2.75. The van der Waals surface area contributed by atoms with Crippen LogP contribution >= 0.6 is 11.6 Å². The Labute approximate surface area is 471 Å². The van der Waals surface area contributed by atoms with E-state index in [1.54, 1.807) is 47.2 Å². The molecule has 0 N–H and O–H groups in total. The molecule has 0 saturated carbocycles. The van der Waals surface area contributed by atoms with Gasteiger partial charge in [-0.05, 0) is 53.9 Å². The summed E-state index contributed by atoms with van der Waals surface area (Å²) in [4.78, 5) is 25.8. The number of ether oxygens (including phenoxy) is 1. The average Bonchev–Trinajstić information content (AvgIpc) is 0.755. The molecule has 1 aromatic heterocycles. The van der Waals surface area contributed by atoms with Crippen molar-refractivity contribution in [1.29, 1.82) is 0 Å². The van der Waals surface area contributed by atoms with Crippen molar-refractivity contribution in [2.45, 2.75) is 56.0 Å². The number of benzene rings is 7. The van der Waals surface area contributed by atoms with Gasteiger partial charge in [-0.2, -0.15) is 132 Å². The molecule has 0 aliphatic rings. The van der Waals surface area contributed by atoms with E-state index in [1.165, 1.54) is 0 Å². The predicted octanol–water partition coefficient (Wildman–Crippen LogP) is 16.1. The molecular weight excluding hydrogens is 1240 g/mol. The highest BCUT2D eigenvalue weighted by Gasteiger charge is 2.47. The maximum Gasteiger partial charge on any atom is 0.416 e. The molecule has 8 rings (SSSR count). The summed E-state index contributed by atoms with van der Waals surface area (Å²) >= 11 is 6.00. The van der Waals surface area contributed by atoms with E-state index in [4.69, 9.17) is 16.3 Å². The zero-order valence-corrected chi connectivity index (χ0v) is 42.7. The monoisotopic (exact) mass is 1270 g/mol. The van der Waals surface area contributed by atoms with Crippen LogP contribution in [0.3, 0.4) is 0 Å². The van der Waals surface area contributed by atoms with Gasteiger partial charge in [-0.3, -0.25) is 4.79 Å². The first-order valence-corrected chi connectivity index (χ1v) is 24.1. The number of ketones is 1. The van der Waals surface area contributed by atoms with Gasteiger partial charge in [0, 0.05) is 16.7 Å². The summed E-state index contributed by atoms with van der Waals surface area (Å²) in [5.41, 5.74) is -29.3. The Morgan fingerprint density at radius 2 is 0.709 bits per heavy atom. The van der Waals surface area contributed by atoms with Crippen molar-refractivity contribution in [2.75, 3.05) is 0 Å². The molecule has 0 unspecified atom stereocenters. The van der Waals surface area contributed by atoms with Gasteiger partial charge >= 0.3 is 55.4 Å². The van der Waals surface area contributed by atoms with Crippen molar-refractivity contribution >= 4 is 62.1 Å². The summed E-state index contributed by atoms with van der Waals surface area (Å²) in [6.07, 6.45) is -53.1. The molecule has 4 nitrogen and oxygen atoms in total. The van der Waals surface area contributed by atoms with Gasteiger partial charge in [0.2, 0.25) is 12.3 Å². The number of halogens is 25. The lowest BCUT2D eigenvalue weighted by molar-refractivity contribution is -0.684. The fraction of sp³-hybridized carbons (Fsp3) is 0.161. The molecule has 0 spiro atoms. The number of nitrogens with zero attached hydrogens (tertiary/aromatic N) is 1. The second-order valence-corrected chi connectivity index (χ2v) is 19.2. The Morgan fingerprint density at radius 3 is 1.03 bits per heavy atom. The Hall–Kier alpha value is -8.24. The van der Waals surface area contributed by atoms with E-state index in [0.29, 0.717) is 27.4 Å². The maximum atomic E-state index is 14.2. The summed E-state index contributed by atoms with van der Waals surface area (Å²) in [5.74, 6) is -0.302. The average molecular weight is 1270 g/mol. The van der Waals surface area contributed by atoms with Crippen LogP contribution in [0.4, 0.5) is 105 Å². The van der Waals surface area contributed by atoms with Crippen molar-refractivity contribution in [2.24, 2.45) is 0 Å². The number of fused-ring (bicyclic) bond motifs is 1. The number of alkyl halides is 24. The van der Waals surface area contributed by atoms with Gasteiger partial charge in [-0.1, -0.05) is 115 Å². The van der Waals surface area contributed by atoms with Crippen LogP contribution in [-0.4, -0.2) is 17.9 Å². The van der Waals surface area contributed by atoms with Crippen molar-refractivity contribution in [3.05, 3.63) is 225 Å². The van der Waals surface area contributed by atoms with E-state index < -0.39 is 201 Å². The zero-order chi connectivity index (χ0) is 64.1. The van der Waals surface area contributed by atoms with Crippen LogP contribution in [0.1, 0.15) is 65.4 Å². The van der Waals surface area contributed by atoms with Crippen molar-refractivity contribution < 1.29 is 124 Å². The molecule has 454 valence electrons. The molecule has 0 aliphatic carbocycles. The number of carbonyl (C=O) groups excluding carboxylic acids is 2. The smallest absolute Gasteiger partial charge is 0.416 e. The molecule has 7 aromatic carbocycles. The largest absolute Gasteiger partial charge is 0.418 e. The molecule has 0 aliphatic heterocycles. The minimum Gasteiger partial charge on any atom is -0.418 e. The Balaban J connectivity index is 0.000000302. The number of rotatable bonds is 9. The summed E-state index contributed by atoms with van der Waals surface area (Å²) in [5, 5.41) is 2.07. The molecular formula is C56H29BClF24NO3. The molecule has 0 atom stereocenters. The third-order valence-corrected chi connectivity index (χ3v) is 13.2. The minimum absolute atomic E-state index is 0.0226. The van der Waals surface area contributed by atoms with E-state index in [1.807, 2.05) is 48.5 Å². The quantitative estimate of drug-likeness (QED) is 0.0361. The van der Waals surface area contributed by atoms with Crippen LogP contribution < -0.4 is 31.2 Å². The van der Waals surface area contributed by atoms with Gasteiger partial charge < -0.3 is 4.74 Å². The number of Topliss-reactive ketones (excluding diaryl/α,β-unsaturated/α-hetero) is 1. The molecule has 0 saturated heterocycles. The Bertz CT molecular complexity index is 3410. The highest BCUT2D eigenvalue weighted by atomic mass is 35.5. The van der Waals surface area contributed by atoms with Gasteiger partial charge in [0.25, 0.3) is 5.69 Å². The number of aromatic nitrogens is 1. The van der Waals surface area contributed by atoms with Gasteiger partial charge in [0.1, 0.15) is 11.9 Å². The minimum atomic E-state index is -6.13. The first kappa shape index (κ1) is 65.3. The molecule has 0 amide bonds. The van der Waals surface area contributed by atoms with Gasteiger partial charge in [0.05, 0.1) is 49.9 Å². The molecule has 8 aromatic rings. The van der Waals surface area contributed by atoms with E-state index in [2.05, 4.69) is 0 Å². The van der Waals surface area contributed by atoms with E-state index in [-0.39, 0.29) is 12.3 Å². The SMILES string of the molecule is FC(F)(F)c1cc([B-](c2cc(C(F)(F)F)cc(C(F)(F)F)c2)(c2cc(C(F)(F)F)cc(C(F)(F)F)c2)c2cc(C(F)(F)F)cc(C(F)(F)F)c2)cc(C(F)(F)F)c1.O=C(C[n+]1ccc2ccccc2c1C(=O)Oc1cccc(Cl)c1)c1ccccc1. The number of pyridine rings is 1. The lowest BCUT2D eigenvalue weighted by atomic mass is 9.12. The maximum absolute atomic E-state index is 14.2. The second kappa shape index (κ2) is 23.2. The predicted molar refractivity (Wildman–Crippen MR) is 261 cm³/mol. The van der Waals surface area contributed by atoms with Crippen LogP contribution in [0.2, 0.25) is 5.02 Å². The van der Waals surface area contributed by atoms with E-state index in [9.17, 15) is 115 Å². The van der Waals surface area contributed by atoms with Crippen molar-refractivity contribution in [3.63, 3.8) is 0 Å². The lowest BCUT2D eigenvalue weighted by Gasteiger charge is -2.46. The van der Waals surface area contributed by atoms with Crippen LogP contribution in [0, 0.1) is 0 Å². The number of hydrogen-bond donors (Lipinski definition) is 0. The van der Waals surface area contributed by atoms with Crippen molar-refractivity contribution in [1.82, 2.24) is 0 Å². The standard InChI is InChI=1S/C32H12BF24.C24H17ClNO3/c34-25(35,36)13-1-14(26(37,38)39)6-21(5-13)33(22-7-15(27(40,41)42)2-16(8-22)28(43,44)45,23-9-17(29(46,47)48)3-18(10-23)30(49,50)51)24-11-19(31(52,53)54)4-20(12-24)32(55,56)57;25-19-10-6-11-20(15-19)29-24(28)23-21-12-5-4-7-17(21)13-14-26(23)16-22(27)18-8-2-1-3-9-18/h1-12H;1-15H,16H2/q-1;+1. The summed E-state index contributed by atoms with van der Waals surface area (Å²) in [6.45, 7) is 0.0226. The normalized spacial score (nSPS) is 13.1. The topological polar surface area (TPSA) is 47.2 Å². The zero-order valence-electron chi connectivity index (χ0n) is 42.0. The highest BCUT2D eigenvalue weighted by molar-refractivity contribution is 7.20. The summed E-state index contributed by atoms with van der Waals surface area (Å²) < 4.78 is 348. The van der Waals surface area contributed by atoms with E-state index in [0.717, 1.165) is 5.39 Å². The van der Waals surface area contributed by atoms with Gasteiger partial charge in [-0.15, -0.1) is 0 Å². The van der Waals surface area contributed by atoms with Crippen LogP contribution in [0.25, 0.3) is 10.8 Å². The first-order valence-electron chi connectivity index (χ1n) is 23.7. The van der Waals surface area contributed by atoms with Crippen LogP contribution in [0.5, 0.6) is 5.75 Å². The fourth-order valence-electron chi connectivity index (χ4n) is 9.24. The second-order valence-electron chi connectivity index (χ2n) is 18.7. The number of esters is 1. The number of hydrogen-bond acceptors (Lipinski definition) is 3. The summed E-state index contributed by atoms with van der Waals surface area (Å²) in [6, 6.07) is 16.2. The molecule has 1 heterocycles. The number of carbonyl (C=O) groups is 2.